The SMILES string of the molecule is CN1CCC(N(C)Cc2cc3c(N4CCOCC4)nc(-c4cnc5c(c4)CCCC5)nc3s2)CC1. The van der Waals surface area contributed by atoms with Crippen molar-refractivity contribution in [1.82, 2.24) is 24.8 Å². The summed E-state index contributed by atoms with van der Waals surface area (Å²) in [6.45, 7) is 6.57. The fraction of sp³-hybridized carbons (Fsp3) is 0.593. The lowest BCUT2D eigenvalue weighted by atomic mass is 9.95. The molecule has 0 spiro atoms. The predicted octanol–water partition coefficient (Wildman–Crippen LogP) is 3.99. The highest BCUT2D eigenvalue weighted by Gasteiger charge is 2.24. The third-order valence-electron chi connectivity index (χ3n) is 7.88. The molecule has 0 N–H and O–H groups in total. The number of morpholine rings is 1. The molecular weight excluding hydrogens is 456 g/mol. The maximum absolute atomic E-state index is 5.64. The van der Waals surface area contributed by atoms with Crippen molar-refractivity contribution >= 4 is 27.4 Å². The molecule has 0 saturated carbocycles. The molecule has 8 heteroatoms. The zero-order valence-electron chi connectivity index (χ0n) is 21.0. The second-order valence-corrected chi connectivity index (χ2v) is 11.5. The van der Waals surface area contributed by atoms with Crippen LogP contribution in [0.15, 0.2) is 18.3 Å². The minimum absolute atomic E-state index is 0.651. The topological polar surface area (TPSA) is 57.6 Å². The average molecular weight is 493 g/mol. The summed E-state index contributed by atoms with van der Waals surface area (Å²) in [5, 5.41) is 1.18. The minimum atomic E-state index is 0.651. The maximum atomic E-state index is 5.64. The summed E-state index contributed by atoms with van der Waals surface area (Å²) in [6, 6.07) is 5.28. The van der Waals surface area contributed by atoms with Crippen molar-refractivity contribution in [3.8, 4) is 11.4 Å². The number of aryl methyl sites for hydroxylation is 2. The van der Waals surface area contributed by atoms with Crippen LogP contribution < -0.4 is 4.90 Å². The Bertz CT molecular complexity index is 1180. The van der Waals surface area contributed by atoms with Crippen LogP contribution in [-0.2, 0) is 24.1 Å². The first-order chi connectivity index (χ1) is 17.1. The van der Waals surface area contributed by atoms with Crippen LogP contribution in [0.5, 0.6) is 0 Å². The summed E-state index contributed by atoms with van der Waals surface area (Å²) in [6.07, 6.45) is 9.16. The molecule has 2 saturated heterocycles. The Labute approximate surface area is 212 Å². The molecule has 0 radical (unpaired) electrons. The smallest absolute Gasteiger partial charge is 0.164 e. The zero-order valence-corrected chi connectivity index (χ0v) is 21.8. The van der Waals surface area contributed by atoms with Crippen LogP contribution in [0.2, 0.25) is 0 Å². The average Bonchev–Trinajstić information content (AvgIpc) is 3.31. The molecule has 35 heavy (non-hydrogen) atoms. The van der Waals surface area contributed by atoms with Gasteiger partial charge in [0.2, 0.25) is 0 Å². The van der Waals surface area contributed by atoms with Crippen molar-refractivity contribution in [2.24, 2.45) is 0 Å². The number of hydrogen-bond acceptors (Lipinski definition) is 8. The van der Waals surface area contributed by atoms with E-state index in [2.05, 4.69) is 40.9 Å². The third kappa shape index (κ3) is 4.94. The third-order valence-corrected chi connectivity index (χ3v) is 8.89. The minimum Gasteiger partial charge on any atom is -0.378 e. The fourth-order valence-electron chi connectivity index (χ4n) is 5.70. The van der Waals surface area contributed by atoms with Crippen LogP contribution in [0.4, 0.5) is 5.82 Å². The van der Waals surface area contributed by atoms with E-state index in [1.807, 2.05) is 17.5 Å². The van der Waals surface area contributed by atoms with E-state index in [4.69, 9.17) is 19.7 Å². The summed E-state index contributed by atoms with van der Waals surface area (Å²) in [4.78, 5) is 24.8. The van der Waals surface area contributed by atoms with E-state index < -0.39 is 0 Å². The van der Waals surface area contributed by atoms with Gasteiger partial charge in [0.1, 0.15) is 10.6 Å². The van der Waals surface area contributed by atoms with Crippen molar-refractivity contribution < 1.29 is 4.74 Å². The number of piperidine rings is 1. The lowest BCUT2D eigenvalue weighted by Crippen LogP contribution is -2.41. The van der Waals surface area contributed by atoms with Crippen LogP contribution in [0.3, 0.4) is 0 Å². The Balaban J connectivity index is 1.34. The lowest BCUT2D eigenvalue weighted by molar-refractivity contribution is 0.122. The molecule has 0 unspecified atom stereocenters. The molecule has 186 valence electrons. The molecule has 5 heterocycles. The molecule has 0 amide bonds. The molecule has 6 rings (SSSR count). The van der Waals surface area contributed by atoms with Gasteiger partial charge in [0.25, 0.3) is 0 Å². The first-order valence-corrected chi connectivity index (χ1v) is 14.0. The van der Waals surface area contributed by atoms with Crippen molar-refractivity contribution in [2.75, 3.05) is 58.4 Å². The highest BCUT2D eigenvalue weighted by atomic mass is 32.1. The van der Waals surface area contributed by atoms with E-state index in [1.54, 1.807) is 0 Å². The predicted molar refractivity (Wildman–Crippen MR) is 142 cm³/mol. The number of ether oxygens (including phenoxy) is 1. The fourth-order valence-corrected chi connectivity index (χ4v) is 6.79. The van der Waals surface area contributed by atoms with Crippen LogP contribution in [0.1, 0.15) is 41.8 Å². The van der Waals surface area contributed by atoms with Crippen LogP contribution >= 0.6 is 11.3 Å². The van der Waals surface area contributed by atoms with E-state index >= 15 is 0 Å². The van der Waals surface area contributed by atoms with Crippen molar-refractivity contribution in [3.63, 3.8) is 0 Å². The number of pyridine rings is 1. The standard InChI is InChI=1S/C27H36N6OS/c1-31-9-7-21(8-10-31)32(2)18-22-16-23-26(33-11-13-34-14-12-33)29-25(30-27(23)35-22)20-15-19-5-3-4-6-24(19)28-17-20/h15-17,21H,3-14,18H2,1-2H3. The maximum Gasteiger partial charge on any atom is 0.164 e. The number of aromatic nitrogens is 3. The van der Waals surface area contributed by atoms with Gasteiger partial charge in [-0.15, -0.1) is 11.3 Å². The summed E-state index contributed by atoms with van der Waals surface area (Å²) in [7, 11) is 4.50. The normalized spacial score (nSPS) is 20.0. The molecular formula is C27H36N6OS. The van der Waals surface area contributed by atoms with Gasteiger partial charge < -0.3 is 14.5 Å². The molecule has 1 aliphatic carbocycles. The van der Waals surface area contributed by atoms with Gasteiger partial charge in [0.05, 0.1) is 18.6 Å². The van der Waals surface area contributed by atoms with E-state index in [1.165, 1.54) is 60.3 Å². The quantitative estimate of drug-likeness (QED) is 0.534. The molecule has 7 nitrogen and oxygen atoms in total. The number of likely N-dealkylation sites (tertiary alicyclic amines) is 1. The van der Waals surface area contributed by atoms with Gasteiger partial charge in [0, 0.05) is 48.0 Å². The summed E-state index contributed by atoms with van der Waals surface area (Å²) >= 11 is 1.82. The van der Waals surface area contributed by atoms with E-state index in [0.717, 1.165) is 67.7 Å². The highest BCUT2D eigenvalue weighted by molar-refractivity contribution is 7.18. The van der Waals surface area contributed by atoms with Crippen LogP contribution in [0, 0.1) is 0 Å². The van der Waals surface area contributed by atoms with E-state index in [0.29, 0.717) is 6.04 Å². The number of rotatable bonds is 5. The van der Waals surface area contributed by atoms with Crippen molar-refractivity contribution in [2.45, 2.75) is 51.1 Å². The molecule has 0 bridgehead atoms. The first-order valence-electron chi connectivity index (χ1n) is 13.1. The Morgan fingerprint density at radius 1 is 1.06 bits per heavy atom. The second-order valence-electron chi connectivity index (χ2n) is 10.4. The zero-order chi connectivity index (χ0) is 23.8. The second kappa shape index (κ2) is 10.1. The molecule has 0 atom stereocenters. The van der Waals surface area contributed by atoms with E-state index in [9.17, 15) is 0 Å². The Morgan fingerprint density at radius 2 is 1.86 bits per heavy atom. The van der Waals surface area contributed by atoms with Gasteiger partial charge in [-0.2, -0.15) is 0 Å². The highest BCUT2D eigenvalue weighted by Crippen LogP contribution is 2.35. The van der Waals surface area contributed by atoms with Gasteiger partial charge in [-0.3, -0.25) is 9.88 Å². The molecule has 3 aliphatic rings. The lowest BCUT2D eigenvalue weighted by Gasteiger charge is -2.34. The number of fused-ring (bicyclic) bond motifs is 2. The summed E-state index contributed by atoms with van der Waals surface area (Å²) < 4.78 is 5.64. The molecule has 3 aromatic rings. The Hall–Kier alpha value is -2.13. The molecule has 2 fully saturated rings. The molecule has 2 aliphatic heterocycles. The largest absolute Gasteiger partial charge is 0.378 e. The van der Waals surface area contributed by atoms with Crippen molar-refractivity contribution in [1.29, 1.82) is 0 Å². The van der Waals surface area contributed by atoms with Gasteiger partial charge in [-0.05, 0) is 83.4 Å². The summed E-state index contributed by atoms with van der Waals surface area (Å²) in [5.74, 6) is 1.85. The number of hydrogen-bond donors (Lipinski definition) is 0. The molecule has 3 aromatic heterocycles. The van der Waals surface area contributed by atoms with E-state index in [-0.39, 0.29) is 0 Å². The van der Waals surface area contributed by atoms with Gasteiger partial charge in [0.15, 0.2) is 5.82 Å². The van der Waals surface area contributed by atoms with Crippen LogP contribution in [0.25, 0.3) is 21.6 Å². The Morgan fingerprint density at radius 3 is 2.69 bits per heavy atom. The monoisotopic (exact) mass is 492 g/mol. The first kappa shape index (κ1) is 23.3. The van der Waals surface area contributed by atoms with Gasteiger partial charge in [-0.25, -0.2) is 9.97 Å². The number of anilines is 1. The van der Waals surface area contributed by atoms with Crippen molar-refractivity contribution in [3.05, 3.63) is 34.5 Å². The Kier molecular flexibility index (Phi) is 6.71. The summed E-state index contributed by atoms with van der Waals surface area (Å²) in [5.41, 5.74) is 3.67. The number of thiophene rings is 1. The van der Waals surface area contributed by atoms with Gasteiger partial charge in [-0.1, -0.05) is 0 Å². The number of nitrogens with zero attached hydrogens (tertiary/aromatic N) is 6. The molecule has 0 aromatic carbocycles. The van der Waals surface area contributed by atoms with Crippen LogP contribution in [-0.4, -0.2) is 84.3 Å². The van der Waals surface area contributed by atoms with Gasteiger partial charge >= 0.3 is 0 Å².